The monoisotopic (exact) mass is 411 g/mol. The number of H-pyrrole nitrogens is 2. The molecular weight excluding hydrogens is 394 g/mol. The van der Waals surface area contributed by atoms with Crippen LogP contribution in [0.5, 0.6) is 0 Å². The van der Waals surface area contributed by atoms with Crippen LogP contribution < -0.4 is 10.2 Å². The van der Waals surface area contributed by atoms with Gasteiger partial charge in [-0.15, -0.1) is 0 Å². The second kappa shape index (κ2) is 6.84. The van der Waals surface area contributed by atoms with Crippen LogP contribution in [0.2, 0.25) is 0 Å². The molecule has 5 aromatic rings. The molecule has 2 aromatic carbocycles. The molecule has 0 saturated carbocycles. The first-order chi connectivity index (χ1) is 15.2. The molecule has 0 unspecified atom stereocenters. The summed E-state index contributed by atoms with van der Waals surface area (Å²) in [4.78, 5) is 25.8. The highest BCUT2D eigenvalue weighted by Crippen LogP contribution is 2.28. The summed E-state index contributed by atoms with van der Waals surface area (Å²) in [5.74, 6) is 2.02. The molecule has 1 amide bonds. The Morgan fingerprint density at radius 2 is 2.00 bits per heavy atom. The van der Waals surface area contributed by atoms with Crippen LogP contribution in [0.4, 0.5) is 22.1 Å². The number of aromatic amines is 2. The zero-order valence-corrected chi connectivity index (χ0v) is 16.3. The van der Waals surface area contributed by atoms with E-state index in [9.17, 15) is 4.79 Å². The largest absolute Gasteiger partial charge is 0.447 e. The van der Waals surface area contributed by atoms with Crippen molar-refractivity contribution in [3.63, 3.8) is 0 Å². The molecule has 4 heterocycles. The molecule has 0 spiro atoms. The maximum absolute atomic E-state index is 11.8. The second-order valence-electron chi connectivity index (χ2n) is 7.29. The average molecular weight is 411 g/mol. The highest BCUT2D eigenvalue weighted by atomic mass is 16.6. The Balaban J connectivity index is 1.30. The third-order valence-electron chi connectivity index (χ3n) is 5.29. The maximum Gasteiger partial charge on any atom is 0.415 e. The summed E-state index contributed by atoms with van der Waals surface area (Å²) in [6, 6.07) is 15.7. The molecular formula is C22H17N7O2. The first-order valence-corrected chi connectivity index (χ1v) is 9.84. The summed E-state index contributed by atoms with van der Waals surface area (Å²) in [5.41, 5.74) is 3.67. The number of aromatic nitrogens is 5. The number of fused-ring (bicyclic) bond motifs is 2. The normalized spacial score (nSPS) is 13.8. The molecule has 1 saturated heterocycles. The predicted molar refractivity (Wildman–Crippen MR) is 117 cm³/mol. The fourth-order valence-electron chi connectivity index (χ4n) is 3.74. The minimum atomic E-state index is -0.331. The van der Waals surface area contributed by atoms with Crippen molar-refractivity contribution in [2.45, 2.75) is 0 Å². The number of amides is 1. The summed E-state index contributed by atoms with van der Waals surface area (Å²) >= 11 is 0. The number of anilines is 3. The number of cyclic esters (lactones) is 1. The van der Waals surface area contributed by atoms with E-state index in [1.165, 1.54) is 0 Å². The molecule has 1 aliphatic rings. The summed E-state index contributed by atoms with van der Waals surface area (Å²) in [5, 5.41) is 12.3. The van der Waals surface area contributed by atoms with E-state index in [2.05, 4.69) is 30.5 Å². The number of carbonyl (C=O) groups is 1. The van der Waals surface area contributed by atoms with Crippen LogP contribution in [-0.2, 0) is 4.74 Å². The molecule has 9 heteroatoms. The second-order valence-corrected chi connectivity index (χ2v) is 7.29. The number of rotatable bonds is 4. The number of nitrogens with zero attached hydrogens (tertiary/aromatic N) is 4. The van der Waals surface area contributed by atoms with E-state index in [-0.39, 0.29) is 6.09 Å². The number of hydrogen-bond donors (Lipinski definition) is 3. The molecule has 6 rings (SSSR count). The lowest BCUT2D eigenvalue weighted by Gasteiger charge is -2.08. The molecule has 0 bridgehead atoms. The van der Waals surface area contributed by atoms with Crippen LogP contribution in [0.25, 0.3) is 33.2 Å². The first kappa shape index (κ1) is 17.5. The smallest absolute Gasteiger partial charge is 0.415 e. The van der Waals surface area contributed by atoms with Gasteiger partial charge in [0.15, 0.2) is 5.82 Å². The van der Waals surface area contributed by atoms with Crippen molar-refractivity contribution in [1.29, 1.82) is 0 Å². The Morgan fingerprint density at radius 1 is 1.03 bits per heavy atom. The van der Waals surface area contributed by atoms with E-state index in [1.807, 2.05) is 48.5 Å². The van der Waals surface area contributed by atoms with Crippen LogP contribution in [0.3, 0.4) is 0 Å². The van der Waals surface area contributed by atoms with E-state index in [0.717, 1.165) is 38.9 Å². The Hall–Kier alpha value is -4.40. The van der Waals surface area contributed by atoms with Crippen molar-refractivity contribution in [3.05, 3.63) is 60.9 Å². The zero-order valence-electron chi connectivity index (χ0n) is 16.3. The Labute approximate surface area is 176 Å². The Bertz CT molecular complexity index is 1440. The summed E-state index contributed by atoms with van der Waals surface area (Å²) in [7, 11) is 0. The highest BCUT2D eigenvalue weighted by Gasteiger charge is 2.25. The predicted octanol–water partition coefficient (Wildman–Crippen LogP) is 4.20. The van der Waals surface area contributed by atoms with Gasteiger partial charge in [-0.05, 0) is 36.4 Å². The van der Waals surface area contributed by atoms with Crippen LogP contribution >= 0.6 is 0 Å². The quantitative estimate of drug-likeness (QED) is 0.409. The molecule has 3 aromatic heterocycles. The maximum atomic E-state index is 11.8. The van der Waals surface area contributed by atoms with Crippen molar-refractivity contribution in [2.75, 3.05) is 23.4 Å². The van der Waals surface area contributed by atoms with Crippen molar-refractivity contribution in [3.8, 4) is 11.4 Å². The van der Waals surface area contributed by atoms with E-state index < -0.39 is 0 Å². The molecule has 1 aliphatic heterocycles. The standard InChI is InChI=1S/C22H17N7O2/c30-22-29(7-8-31-22)20-11-13-1-2-14(10-18(13)26-20)21-23-6-5-19(27-21)25-16-3-4-17-15(9-16)12-24-28-17/h1-6,9-12,26H,7-8H2,(H,24,28)(H,23,25,27). The lowest BCUT2D eigenvalue weighted by Crippen LogP contribution is -2.23. The summed E-state index contributed by atoms with van der Waals surface area (Å²) < 4.78 is 5.02. The lowest BCUT2D eigenvalue weighted by molar-refractivity contribution is 0.181. The number of hydrogen-bond acceptors (Lipinski definition) is 6. The number of ether oxygens (including phenoxy) is 1. The van der Waals surface area contributed by atoms with E-state index >= 15 is 0 Å². The van der Waals surface area contributed by atoms with Gasteiger partial charge in [0.25, 0.3) is 0 Å². The third-order valence-corrected chi connectivity index (χ3v) is 5.29. The molecule has 0 aliphatic carbocycles. The highest BCUT2D eigenvalue weighted by molar-refractivity contribution is 5.94. The van der Waals surface area contributed by atoms with Gasteiger partial charge in [-0.3, -0.25) is 10.00 Å². The summed E-state index contributed by atoms with van der Waals surface area (Å²) in [6.07, 6.45) is 3.18. The van der Waals surface area contributed by atoms with Crippen LogP contribution in [0, 0.1) is 0 Å². The lowest BCUT2D eigenvalue weighted by atomic mass is 10.1. The molecule has 152 valence electrons. The van der Waals surface area contributed by atoms with Crippen molar-refractivity contribution >= 4 is 45.2 Å². The topological polar surface area (TPSA) is 112 Å². The van der Waals surface area contributed by atoms with E-state index in [1.54, 1.807) is 17.3 Å². The van der Waals surface area contributed by atoms with Crippen molar-refractivity contribution < 1.29 is 9.53 Å². The van der Waals surface area contributed by atoms with Gasteiger partial charge in [0.05, 0.1) is 18.3 Å². The third kappa shape index (κ3) is 3.12. The molecule has 0 radical (unpaired) electrons. The summed E-state index contributed by atoms with van der Waals surface area (Å²) in [6.45, 7) is 0.945. The minimum Gasteiger partial charge on any atom is -0.447 e. The fourth-order valence-corrected chi connectivity index (χ4v) is 3.74. The van der Waals surface area contributed by atoms with Gasteiger partial charge in [0, 0.05) is 33.7 Å². The molecule has 3 N–H and O–H groups in total. The van der Waals surface area contributed by atoms with Gasteiger partial charge >= 0.3 is 6.09 Å². The molecule has 1 fully saturated rings. The van der Waals surface area contributed by atoms with Crippen LogP contribution in [-0.4, -0.2) is 44.4 Å². The zero-order chi connectivity index (χ0) is 20.8. The van der Waals surface area contributed by atoms with Gasteiger partial charge in [0.2, 0.25) is 0 Å². The number of carbonyl (C=O) groups excluding carboxylic acids is 1. The van der Waals surface area contributed by atoms with Gasteiger partial charge < -0.3 is 15.0 Å². The molecule has 9 nitrogen and oxygen atoms in total. The fraction of sp³-hybridized carbons (Fsp3) is 0.0909. The molecule has 0 atom stereocenters. The minimum absolute atomic E-state index is 0.331. The Morgan fingerprint density at radius 3 is 2.90 bits per heavy atom. The SMILES string of the molecule is O=C1OCCN1c1cc2ccc(-c3nccc(Nc4ccc5[nH]ncc5c4)n3)cc2[nH]1. The first-order valence-electron chi connectivity index (χ1n) is 9.84. The number of nitrogens with one attached hydrogen (secondary N) is 3. The van der Waals surface area contributed by atoms with Gasteiger partial charge in [-0.1, -0.05) is 12.1 Å². The Kier molecular flexibility index (Phi) is 3.85. The van der Waals surface area contributed by atoms with Crippen molar-refractivity contribution in [2.24, 2.45) is 0 Å². The number of benzene rings is 2. The van der Waals surface area contributed by atoms with Gasteiger partial charge in [-0.2, -0.15) is 5.10 Å². The van der Waals surface area contributed by atoms with E-state index in [0.29, 0.717) is 24.8 Å². The molecule has 31 heavy (non-hydrogen) atoms. The average Bonchev–Trinajstić information content (AvgIpc) is 3.52. The van der Waals surface area contributed by atoms with Gasteiger partial charge in [0.1, 0.15) is 18.2 Å². The van der Waals surface area contributed by atoms with Crippen LogP contribution in [0.1, 0.15) is 0 Å². The van der Waals surface area contributed by atoms with Crippen molar-refractivity contribution in [1.82, 2.24) is 25.1 Å². The van der Waals surface area contributed by atoms with E-state index in [4.69, 9.17) is 4.74 Å². The van der Waals surface area contributed by atoms with Gasteiger partial charge in [-0.25, -0.2) is 14.8 Å². The van der Waals surface area contributed by atoms with Crippen LogP contribution in [0.15, 0.2) is 60.9 Å².